The summed E-state index contributed by atoms with van der Waals surface area (Å²) in [5.41, 5.74) is 0.0940. The van der Waals surface area contributed by atoms with E-state index in [1.165, 1.54) is 29.2 Å². The Kier molecular flexibility index (Phi) is 4.49. The maximum absolute atomic E-state index is 12.0. The van der Waals surface area contributed by atoms with Gasteiger partial charge in [0, 0.05) is 44.0 Å². The molecule has 0 spiro atoms. The van der Waals surface area contributed by atoms with Crippen LogP contribution >= 0.6 is 0 Å². The molecule has 1 saturated heterocycles. The van der Waals surface area contributed by atoms with Crippen LogP contribution in [-0.4, -0.2) is 59.8 Å². The minimum atomic E-state index is -0.778. The van der Waals surface area contributed by atoms with E-state index in [4.69, 9.17) is 0 Å². The van der Waals surface area contributed by atoms with Crippen LogP contribution in [0.3, 0.4) is 0 Å². The van der Waals surface area contributed by atoms with Gasteiger partial charge < -0.3 is 15.1 Å². The number of carbonyl (C=O) groups excluding carboxylic acids is 2. The fourth-order valence-electron chi connectivity index (χ4n) is 2.03. The van der Waals surface area contributed by atoms with Crippen molar-refractivity contribution in [3.8, 4) is 0 Å². The molecule has 1 fully saturated rings. The maximum atomic E-state index is 12.0. The average Bonchev–Trinajstić information content (AvgIpc) is 2.47. The number of rotatable bonds is 2. The first-order valence-electron chi connectivity index (χ1n) is 6.50. The molecule has 1 aromatic carbocycles. The van der Waals surface area contributed by atoms with E-state index in [-0.39, 0.29) is 11.4 Å². The van der Waals surface area contributed by atoms with Crippen molar-refractivity contribution in [1.29, 1.82) is 0 Å². The summed E-state index contributed by atoms with van der Waals surface area (Å²) in [4.78, 5) is 37.5. The summed E-state index contributed by atoms with van der Waals surface area (Å²) < 4.78 is 0. The molecule has 2 amide bonds. The van der Waals surface area contributed by atoms with Crippen LogP contribution in [0.2, 0.25) is 0 Å². The highest BCUT2D eigenvalue weighted by Gasteiger charge is 2.25. The quantitative estimate of drug-likeness (QED) is 0.481. The van der Waals surface area contributed by atoms with Crippen LogP contribution in [0.25, 0.3) is 0 Å². The van der Waals surface area contributed by atoms with Gasteiger partial charge in [-0.15, -0.1) is 0 Å². The van der Waals surface area contributed by atoms with Crippen LogP contribution < -0.4 is 5.32 Å². The number of nitro benzene ring substituents is 1. The predicted molar refractivity (Wildman–Crippen MR) is 75.8 cm³/mol. The minimum absolute atomic E-state index is 0.139. The van der Waals surface area contributed by atoms with Gasteiger partial charge in [0.1, 0.15) is 0 Å². The van der Waals surface area contributed by atoms with Crippen molar-refractivity contribution in [2.45, 2.75) is 0 Å². The molecule has 0 saturated carbocycles. The monoisotopic (exact) mass is 292 g/mol. The molecule has 0 aliphatic carbocycles. The smallest absolute Gasteiger partial charge is 0.313 e. The Labute approximate surface area is 121 Å². The molecule has 8 nitrogen and oxygen atoms in total. The van der Waals surface area contributed by atoms with E-state index in [0.717, 1.165) is 13.1 Å². The Hall–Kier alpha value is -2.48. The second-order valence-corrected chi connectivity index (χ2v) is 4.86. The third-order valence-corrected chi connectivity index (χ3v) is 3.30. The minimum Gasteiger partial charge on any atom is -0.332 e. The number of nitrogens with zero attached hydrogens (tertiary/aromatic N) is 3. The molecule has 112 valence electrons. The number of non-ortho nitro benzene ring substituents is 1. The number of hydrogen-bond acceptors (Lipinski definition) is 5. The second kappa shape index (κ2) is 6.31. The van der Waals surface area contributed by atoms with Crippen LogP contribution in [0.5, 0.6) is 0 Å². The van der Waals surface area contributed by atoms with Gasteiger partial charge in [0.2, 0.25) is 0 Å². The van der Waals surface area contributed by atoms with Crippen LogP contribution in [0.1, 0.15) is 0 Å². The molecule has 0 radical (unpaired) electrons. The lowest BCUT2D eigenvalue weighted by Crippen LogP contribution is -2.50. The molecule has 0 aromatic heterocycles. The first-order valence-corrected chi connectivity index (χ1v) is 6.50. The molecule has 0 atom stereocenters. The third-order valence-electron chi connectivity index (χ3n) is 3.30. The number of nitrogens with one attached hydrogen (secondary N) is 1. The summed E-state index contributed by atoms with van der Waals surface area (Å²) in [5, 5.41) is 13.1. The largest absolute Gasteiger partial charge is 0.332 e. The standard InChI is InChI=1S/C13H16N4O4/c1-15-5-7-16(8-6-15)13(19)12(18)14-10-3-2-4-11(9-10)17(20)21/h2-4,9H,5-8H2,1H3,(H,14,18). The summed E-state index contributed by atoms with van der Waals surface area (Å²) in [6.45, 7) is 2.43. The number of amides is 2. The number of piperazine rings is 1. The molecule has 1 N–H and O–H groups in total. The van der Waals surface area contributed by atoms with Gasteiger partial charge in [-0.25, -0.2) is 0 Å². The van der Waals surface area contributed by atoms with E-state index in [1.54, 1.807) is 0 Å². The molecule has 1 aliphatic heterocycles. The Morgan fingerprint density at radius 3 is 2.52 bits per heavy atom. The van der Waals surface area contributed by atoms with Gasteiger partial charge in [-0.05, 0) is 13.1 Å². The third kappa shape index (κ3) is 3.76. The number of carbonyl (C=O) groups is 2. The highest BCUT2D eigenvalue weighted by Crippen LogP contribution is 2.17. The van der Waals surface area contributed by atoms with E-state index in [1.807, 2.05) is 7.05 Å². The Morgan fingerprint density at radius 2 is 1.90 bits per heavy atom. The predicted octanol–water partition coefficient (Wildman–Crippen LogP) is 0.307. The number of benzene rings is 1. The summed E-state index contributed by atoms with van der Waals surface area (Å²) in [6.07, 6.45) is 0. The fourth-order valence-corrected chi connectivity index (χ4v) is 2.03. The summed E-state index contributed by atoms with van der Waals surface area (Å²) in [6, 6.07) is 5.49. The average molecular weight is 292 g/mol. The van der Waals surface area contributed by atoms with Crippen LogP contribution in [0.15, 0.2) is 24.3 Å². The van der Waals surface area contributed by atoms with Gasteiger partial charge in [-0.1, -0.05) is 6.07 Å². The fraction of sp³-hybridized carbons (Fsp3) is 0.385. The van der Waals surface area contributed by atoms with Gasteiger partial charge in [-0.2, -0.15) is 0 Å². The lowest BCUT2D eigenvalue weighted by Gasteiger charge is -2.31. The zero-order valence-corrected chi connectivity index (χ0v) is 11.6. The van der Waals surface area contributed by atoms with Crippen molar-refractivity contribution in [2.75, 3.05) is 38.5 Å². The Morgan fingerprint density at radius 1 is 1.24 bits per heavy atom. The zero-order valence-electron chi connectivity index (χ0n) is 11.6. The maximum Gasteiger partial charge on any atom is 0.313 e. The van der Waals surface area contributed by atoms with Crippen molar-refractivity contribution in [3.63, 3.8) is 0 Å². The van der Waals surface area contributed by atoms with E-state index in [2.05, 4.69) is 10.2 Å². The Balaban J connectivity index is 1.99. The number of nitro groups is 1. The number of anilines is 1. The van der Waals surface area contributed by atoms with Gasteiger partial charge >= 0.3 is 11.8 Å². The molecule has 1 heterocycles. The summed E-state index contributed by atoms with van der Waals surface area (Å²) in [7, 11) is 1.95. The van der Waals surface area contributed by atoms with Crippen molar-refractivity contribution >= 4 is 23.2 Å². The highest BCUT2D eigenvalue weighted by atomic mass is 16.6. The lowest BCUT2D eigenvalue weighted by molar-refractivity contribution is -0.384. The van der Waals surface area contributed by atoms with E-state index >= 15 is 0 Å². The molecule has 8 heteroatoms. The molecular weight excluding hydrogens is 276 g/mol. The van der Waals surface area contributed by atoms with E-state index < -0.39 is 16.7 Å². The van der Waals surface area contributed by atoms with Crippen LogP contribution in [-0.2, 0) is 9.59 Å². The normalized spacial score (nSPS) is 15.6. The topological polar surface area (TPSA) is 95.8 Å². The van der Waals surface area contributed by atoms with Crippen molar-refractivity contribution in [2.24, 2.45) is 0 Å². The first-order chi connectivity index (χ1) is 9.97. The molecule has 2 rings (SSSR count). The van der Waals surface area contributed by atoms with E-state index in [9.17, 15) is 19.7 Å². The highest BCUT2D eigenvalue weighted by molar-refractivity contribution is 6.39. The van der Waals surface area contributed by atoms with Gasteiger partial charge in [0.25, 0.3) is 5.69 Å². The van der Waals surface area contributed by atoms with Crippen LogP contribution in [0.4, 0.5) is 11.4 Å². The summed E-state index contributed by atoms with van der Waals surface area (Å²) >= 11 is 0. The van der Waals surface area contributed by atoms with Crippen molar-refractivity contribution < 1.29 is 14.5 Å². The van der Waals surface area contributed by atoms with Crippen molar-refractivity contribution in [1.82, 2.24) is 9.80 Å². The second-order valence-electron chi connectivity index (χ2n) is 4.86. The molecule has 1 aromatic rings. The zero-order chi connectivity index (χ0) is 15.4. The summed E-state index contributed by atoms with van der Waals surface area (Å²) in [5.74, 6) is -1.39. The molecule has 0 unspecified atom stereocenters. The number of hydrogen-bond donors (Lipinski definition) is 1. The molecular formula is C13H16N4O4. The SMILES string of the molecule is CN1CCN(C(=O)C(=O)Nc2cccc([N+](=O)[O-])c2)CC1. The van der Waals surface area contributed by atoms with Crippen molar-refractivity contribution in [3.05, 3.63) is 34.4 Å². The molecule has 21 heavy (non-hydrogen) atoms. The first kappa shape index (κ1) is 14.9. The van der Waals surface area contributed by atoms with Crippen LogP contribution in [0, 0.1) is 10.1 Å². The molecule has 0 bridgehead atoms. The lowest BCUT2D eigenvalue weighted by atomic mass is 10.2. The van der Waals surface area contributed by atoms with Gasteiger partial charge in [-0.3, -0.25) is 19.7 Å². The Bertz CT molecular complexity index is 567. The van der Waals surface area contributed by atoms with Gasteiger partial charge in [0.15, 0.2) is 0 Å². The number of likely N-dealkylation sites (N-methyl/N-ethyl adjacent to an activating group) is 1. The van der Waals surface area contributed by atoms with E-state index in [0.29, 0.717) is 13.1 Å². The molecule has 1 aliphatic rings. The van der Waals surface area contributed by atoms with Gasteiger partial charge in [0.05, 0.1) is 4.92 Å².